The van der Waals surface area contributed by atoms with Crippen LogP contribution in [0.4, 0.5) is 11.4 Å². The highest BCUT2D eigenvalue weighted by atomic mass is 32.2. The molecule has 2 aromatic carbocycles. The molecule has 1 aliphatic heterocycles. The fraction of sp³-hybridized carbons (Fsp3) is 0.208. The number of aryl methyl sites for hydroxylation is 3. The van der Waals surface area contributed by atoms with E-state index >= 15 is 0 Å². The second-order valence-electron chi connectivity index (χ2n) is 8.10. The zero-order valence-corrected chi connectivity index (χ0v) is 19.1. The van der Waals surface area contributed by atoms with Gasteiger partial charge in [-0.05, 0) is 55.7 Å². The molecule has 0 unspecified atom stereocenters. The third-order valence-corrected chi connectivity index (χ3v) is 7.68. The van der Waals surface area contributed by atoms with Gasteiger partial charge in [0.2, 0.25) is 0 Å². The number of carbonyl (C=O) groups excluding carboxylic acids is 1. The SMILES string of the molecule is Cc1nn(C)c2ncc(NC(=O)c3cccc(S(=O)(=O)N4CCCc5ccccc54)c3)cc12. The van der Waals surface area contributed by atoms with E-state index in [1.54, 1.807) is 23.0 Å². The molecule has 0 aliphatic carbocycles. The second-order valence-corrected chi connectivity index (χ2v) is 9.96. The molecule has 0 atom stereocenters. The molecule has 3 heterocycles. The fourth-order valence-electron chi connectivity index (χ4n) is 4.25. The number of hydrogen-bond acceptors (Lipinski definition) is 5. The van der Waals surface area contributed by atoms with Crippen LogP contribution in [0.15, 0.2) is 65.7 Å². The Kier molecular flexibility index (Phi) is 5.13. The minimum atomic E-state index is -3.81. The smallest absolute Gasteiger partial charge is 0.264 e. The van der Waals surface area contributed by atoms with Crippen LogP contribution in [0.25, 0.3) is 11.0 Å². The summed E-state index contributed by atoms with van der Waals surface area (Å²) in [6.07, 6.45) is 3.16. The first-order chi connectivity index (χ1) is 15.8. The van der Waals surface area contributed by atoms with E-state index in [2.05, 4.69) is 15.4 Å². The summed E-state index contributed by atoms with van der Waals surface area (Å²) in [5.74, 6) is -0.409. The normalized spacial score (nSPS) is 13.7. The number of fused-ring (bicyclic) bond motifs is 2. The average Bonchev–Trinajstić information content (AvgIpc) is 3.11. The first kappa shape index (κ1) is 21.1. The van der Waals surface area contributed by atoms with E-state index in [-0.39, 0.29) is 10.5 Å². The summed E-state index contributed by atoms with van der Waals surface area (Å²) >= 11 is 0. The molecule has 5 rings (SSSR count). The number of anilines is 2. The molecule has 1 N–H and O–H groups in total. The molecule has 2 aromatic heterocycles. The number of rotatable bonds is 4. The molecule has 0 saturated carbocycles. The van der Waals surface area contributed by atoms with E-state index in [0.717, 1.165) is 35.1 Å². The molecule has 4 aromatic rings. The van der Waals surface area contributed by atoms with Gasteiger partial charge in [0.25, 0.3) is 15.9 Å². The Morgan fingerprint density at radius 3 is 2.76 bits per heavy atom. The molecular weight excluding hydrogens is 438 g/mol. The number of nitrogens with zero attached hydrogens (tertiary/aromatic N) is 4. The van der Waals surface area contributed by atoms with Crippen LogP contribution in [-0.2, 0) is 23.5 Å². The van der Waals surface area contributed by atoms with Gasteiger partial charge in [-0.2, -0.15) is 5.10 Å². The third kappa shape index (κ3) is 3.74. The maximum atomic E-state index is 13.4. The van der Waals surface area contributed by atoms with Crippen molar-refractivity contribution in [1.29, 1.82) is 0 Å². The lowest BCUT2D eigenvalue weighted by molar-refractivity contribution is 0.102. The number of sulfonamides is 1. The zero-order chi connectivity index (χ0) is 23.2. The number of carbonyl (C=O) groups is 1. The van der Waals surface area contributed by atoms with Gasteiger partial charge in [-0.15, -0.1) is 0 Å². The van der Waals surface area contributed by atoms with Crippen LogP contribution < -0.4 is 9.62 Å². The van der Waals surface area contributed by atoms with E-state index in [4.69, 9.17) is 0 Å². The van der Waals surface area contributed by atoms with Crippen molar-refractivity contribution in [3.05, 3.63) is 77.6 Å². The van der Waals surface area contributed by atoms with E-state index in [1.165, 1.54) is 16.4 Å². The van der Waals surface area contributed by atoms with E-state index in [9.17, 15) is 13.2 Å². The quantitative estimate of drug-likeness (QED) is 0.500. The number of pyridine rings is 1. The molecule has 8 nitrogen and oxygen atoms in total. The van der Waals surface area contributed by atoms with Crippen LogP contribution in [-0.4, -0.2) is 35.6 Å². The van der Waals surface area contributed by atoms with Crippen LogP contribution in [0, 0.1) is 6.92 Å². The Morgan fingerprint density at radius 1 is 1.09 bits per heavy atom. The highest BCUT2D eigenvalue weighted by Crippen LogP contribution is 2.32. The predicted molar refractivity (Wildman–Crippen MR) is 127 cm³/mol. The van der Waals surface area contributed by atoms with Gasteiger partial charge >= 0.3 is 0 Å². The van der Waals surface area contributed by atoms with Crippen LogP contribution in [0.3, 0.4) is 0 Å². The molecule has 0 fully saturated rings. The molecule has 33 heavy (non-hydrogen) atoms. The first-order valence-corrected chi connectivity index (χ1v) is 12.1. The Balaban J connectivity index is 1.43. The lowest BCUT2D eigenvalue weighted by Crippen LogP contribution is -2.35. The molecule has 0 radical (unpaired) electrons. The predicted octanol–water partition coefficient (Wildman–Crippen LogP) is 3.67. The fourth-order valence-corrected chi connectivity index (χ4v) is 5.84. The molecule has 0 spiro atoms. The molecule has 1 aliphatic rings. The van der Waals surface area contributed by atoms with Crippen molar-refractivity contribution in [2.24, 2.45) is 7.05 Å². The molecule has 0 saturated heterocycles. The number of nitrogens with one attached hydrogen (secondary N) is 1. The minimum absolute atomic E-state index is 0.0866. The standard InChI is InChI=1S/C24H23N5O3S/c1-16-21-14-19(15-25-23(21)28(2)27-16)26-24(30)18-8-5-10-20(13-18)33(31,32)29-12-6-9-17-7-3-4-11-22(17)29/h3-5,7-8,10-11,13-15H,6,9,12H2,1-2H3,(H,26,30). The number of hydrogen-bond donors (Lipinski definition) is 1. The third-order valence-electron chi connectivity index (χ3n) is 5.87. The Bertz CT molecular complexity index is 1490. The monoisotopic (exact) mass is 461 g/mol. The Labute approximate surface area is 191 Å². The van der Waals surface area contributed by atoms with Crippen molar-refractivity contribution in [2.45, 2.75) is 24.7 Å². The topological polar surface area (TPSA) is 97.2 Å². The summed E-state index contributed by atoms with van der Waals surface area (Å²) in [6.45, 7) is 2.29. The van der Waals surface area contributed by atoms with Gasteiger partial charge in [0, 0.05) is 24.5 Å². The highest BCUT2D eigenvalue weighted by Gasteiger charge is 2.29. The van der Waals surface area contributed by atoms with E-state index in [1.807, 2.05) is 44.3 Å². The van der Waals surface area contributed by atoms with Gasteiger partial charge in [-0.1, -0.05) is 24.3 Å². The number of benzene rings is 2. The lowest BCUT2D eigenvalue weighted by atomic mass is 10.0. The zero-order valence-electron chi connectivity index (χ0n) is 18.3. The molecule has 0 bridgehead atoms. The Hall–Kier alpha value is -3.72. The average molecular weight is 462 g/mol. The van der Waals surface area contributed by atoms with Gasteiger partial charge in [-0.3, -0.25) is 13.8 Å². The molecule has 9 heteroatoms. The summed E-state index contributed by atoms with van der Waals surface area (Å²) in [5.41, 5.74) is 4.01. The van der Waals surface area contributed by atoms with E-state index < -0.39 is 15.9 Å². The van der Waals surface area contributed by atoms with Crippen molar-refractivity contribution < 1.29 is 13.2 Å². The van der Waals surface area contributed by atoms with Crippen molar-refractivity contribution >= 4 is 38.3 Å². The summed E-state index contributed by atoms with van der Waals surface area (Å²) in [5, 5.41) is 7.99. The largest absolute Gasteiger partial charge is 0.321 e. The Morgan fingerprint density at radius 2 is 1.91 bits per heavy atom. The summed E-state index contributed by atoms with van der Waals surface area (Å²) in [7, 11) is -1.99. The first-order valence-electron chi connectivity index (χ1n) is 10.7. The van der Waals surface area contributed by atoms with Gasteiger partial charge < -0.3 is 5.32 Å². The van der Waals surface area contributed by atoms with Gasteiger partial charge in [0.05, 0.1) is 28.2 Å². The van der Waals surface area contributed by atoms with Crippen LogP contribution in [0.2, 0.25) is 0 Å². The number of amides is 1. The van der Waals surface area contributed by atoms with Crippen molar-refractivity contribution in [3.8, 4) is 0 Å². The minimum Gasteiger partial charge on any atom is -0.321 e. The second kappa shape index (κ2) is 8.00. The highest BCUT2D eigenvalue weighted by molar-refractivity contribution is 7.92. The van der Waals surface area contributed by atoms with Crippen molar-refractivity contribution in [1.82, 2.24) is 14.8 Å². The maximum absolute atomic E-state index is 13.4. The summed E-state index contributed by atoms with van der Waals surface area (Å²) in [6, 6.07) is 15.5. The van der Waals surface area contributed by atoms with E-state index in [0.29, 0.717) is 17.9 Å². The van der Waals surface area contributed by atoms with Crippen molar-refractivity contribution in [2.75, 3.05) is 16.2 Å². The van der Waals surface area contributed by atoms with Gasteiger partial charge in [-0.25, -0.2) is 13.4 Å². The molecule has 1 amide bonds. The van der Waals surface area contributed by atoms with Gasteiger partial charge in [0.1, 0.15) is 0 Å². The van der Waals surface area contributed by atoms with Crippen LogP contribution in [0.1, 0.15) is 28.0 Å². The number of para-hydroxylation sites is 1. The molecular formula is C24H23N5O3S. The van der Waals surface area contributed by atoms with Crippen LogP contribution >= 0.6 is 0 Å². The maximum Gasteiger partial charge on any atom is 0.264 e. The van der Waals surface area contributed by atoms with Crippen LogP contribution in [0.5, 0.6) is 0 Å². The summed E-state index contributed by atoms with van der Waals surface area (Å²) < 4.78 is 30.0. The lowest BCUT2D eigenvalue weighted by Gasteiger charge is -2.30. The number of aromatic nitrogens is 3. The molecule has 168 valence electrons. The van der Waals surface area contributed by atoms with Gasteiger partial charge in [0.15, 0.2) is 5.65 Å². The van der Waals surface area contributed by atoms with Crippen molar-refractivity contribution in [3.63, 3.8) is 0 Å². The summed E-state index contributed by atoms with van der Waals surface area (Å²) in [4.78, 5) is 17.4.